The molecular formula is C13H15N3OS. The first-order valence-electron chi connectivity index (χ1n) is 5.76. The molecular weight excluding hydrogens is 246 g/mol. The quantitative estimate of drug-likeness (QED) is 0.888. The lowest BCUT2D eigenvalue weighted by atomic mass is 10.1. The Kier molecular flexibility index (Phi) is 3.94. The van der Waals surface area contributed by atoms with Gasteiger partial charge in [0.2, 0.25) is 5.91 Å². The fraction of sp³-hybridized carbons (Fsp3) is 0.231. The number of carbonyl (C=O) groups is 1. The van der Waals surface area contributed by atoms with Crippen LogP contribution in [0.2, 0.25) is 0 Å². The third-order valence-corrected chi connectivity index (χ3v) is 3.11. The molecule has 1 aromatic carbocycles. The zero-order chi connectivity index (χ0) is 13.0. The average Bonchev–Trinajstić information content (AvgIpc) is 2.78. The molecule has 2 rings (SSSR count). The Labute approximate surface area is 110 Å². The number of thiazole rings is 1. The summed E-state index contributed by atoms with van der Waals surface area (Å²) < 4.78 is 0. The molecule has 0 aliphatic heterocycles. The maximum atomic E-state index is 11.0. The van der Waals surface area contributed by atoms with E-state index in [1.165, 1.54) is 6.92 Å². The molecule has 2 aromatic rings. The summed E-state index contributed by atoms with van der Waals surface area (Å²) in [6.45, 7) is 4.40. The minimum atomic E-state index is -0.0706. The van der Waals surface area contributed by atoms with Gasteiger partial charge in [-0.25, -0.2) is 4.98 Å². The molecule has 1 heterocycles. The van der Waals surface area contributed by atoms with E-state index in [2.05, 4.69) is 15.6 Å². The number of nitrogens with one attached hydrogen (secondary N) is 2. The van der Waals surface area contributed by atoms with Gasteiger partial charge in [0.1, 0.15) is 0 Å². The first-order chi connectivity index (χ1) is 8.69. The molecule has 0 saturated carbocycles. The number of benzene rings is 1. The van der Waals surface area contributed by atoms with Gasteiger partial charge in [-0.3, -0.25) is 4.79 Å². The lowest BCUT2D eigenvalue weighted by Gasteiger charge is -2.03. The molecule has 2 N–H and O–H groups in total. The Morgan fingerprint density at radius 2 is 2.28 bits per heavy atom. The predicted molar refractivity (Wildman–Crippen MR) is 76.0 cm³/mol. The topological polar surface area (TPSA) is 54.0 Å². The smallest absolute Gasteiger partial charge is 0.221 e. The molecule has 0 aliphatic carbocycles. The molecule has 0 fully saturated rings. The van der Waals surface area contributed by atoms with Gasteiger partial charge in [-0.1, -0.05) is 12.1 Å². The van der Waals surface area contributed by atoms with E-state index in [-0.39, 0.29) is 5.91 Å². The van der Waals surface area contributed by atoms with Crippen molar-refractivity contribution in [1.29, 1.82) is 0 Å². The zero-order valence-electron chi connectivity index (χ0n) is 10.4. The van der Waals surface area contributed by atoms with Crippen LogP contribution in [0, 0.1) is 0 Å². The third kappa shape index (κ3) is 3.07. The Morgan fingerprint density at radius 3 is 3.00 bits per heavy atom. The first kappa shape index (κ1) is 12.6. The summed E-state index contributed by atoms with van der Waals surface area (Å²) in [6.07, 6.45) is 0. The van der Waals surface area contributed by atoms with Crippen molar-refractivity contribution in [1.82, 2.24) is 4.98 Å². The van der Waals surface area contributed by atoms with Crippen molar-refractivity contribution >= 4 is 28.1 Å². The van der Waals surface area contributed by atoms with Crippen LogP contribution in [0.25, 0.3) is 11.3 Å². The standard InChI is InChI=1S/C13H15N3OS/c1-3-14-13-16-12(8-18-13)10-5-4-6-11(7-10)15-9(2)17/h4-8H,3H2,1-2H3,(H,14,16)(H,15,17). The summed E-state index contributed by atoms with van der Waals surface area (Å²) >= 11 is 1.58. The molecule has 5 heteroatoms. The minimum absolute atomic E-state index is 0.0706. The fourth-order valence-electron chi connectivity index (χ4n) is 1.60. The molecule has 94 valence electrons. The van der Waals surface area contributed by atoms with Crippen molar-refractivity contribution in [3.05, 3.63) is 29.6 Å². The SMILES string of the molecule is CCNc1nc(-c2cccc(NC(C)=O)c2)cs1. The second-order valence-corrected chi connectivity index (χ2v) is 4.69. The maximum absolute atomic E-state index is 11.0. The Bertz CT molecular complexity index is 551. The van der Waals surface area contributed by atoms with E-state index in [0.29, 0.717) is 0 Å². The molecule has 0 saturated heterocycles. The first-order valence-corrected chi connectivity index (χ1v) is 6.64. The molecule has 0 atom stereocenters. The summed E-state index contributed by atoms with van der Waals surface area (Å²) in [5.41, 5.74) is 2.71. The van der Waals surface area contributed by atoms with Crippen molar-refractivity contribution in [2.45, 2.75) is 13.8 Å². The minimum Gasteiger partial charge on any atom is -0.362 e. The summed E-state index contributed by atoms with van der Waals surface area (Å²) in [4.78, 5) is 15.5. The highest BCUT2D eigenvalue weighted by atomic mass is 32.1. The number of carbonyl (C=O) groups excluding carboxylic acids is 1. The number of hydrogen-bond donors (Lipinski definition) is 2. The number of nitrogens with zero attached hydrogens (tertiary/aromatic N) is 1. The normalized spacial score (nSPS) is 10.1. The van der Waals surface area contributed by atoms with Gasteiger partial charge >= 0.3 is 0 Å². The van der Waals surface area contributed by atoms with Gasteiger partial charge in [0.15, 0.2) is 5.13 Å². The predicted octanol–water partition coefficient (Wildman–Crippen LogP) is 3.20. The van der Waals surface area contributed by atoms with Crippen LogP contribution in [0.3, 0.4) is 0 Å². The van der Waals surface area contributed by atoms with Gasteiger partial charge in [-0.2, -0.15) is 0 Å². The van der Waals surface area contributed by atoms with Crippen molar-refractivity contribution in [2.24, 2.45) is 0 Å². The van der Waals surface area contributed by atoms with Crippen molar-refractivity contribution in [3.8, 4) is 11.3 Å². The number of rotatable bonds is 4. The molecule has 0 aliphatic rings. The van der Waals surface area contributed by atoms with Crippen molar-refractivity contribution in [2.75, 3.05) is 17.2 Å². The maximum Gasteiger partial charge on any atom is 0.221 e. The van der Waals surface area contributed by atoms with Gasteiger partial charge in [-0.05, 0) is 19.1 Å². The van der Waals surface area contributed by atoms with Gasteiger partial charge in [0, 0.05) is 30.1 Å². The Hall–Kier alpha value is -1.88. The monoisotopic (exact) mass is 261 g/mol. The van der Waals surface area contributed by atoms with E-state index < -0.39 is 0 Å². The number of amides is 1. The second kappa shape index (κ2) is 5.64. The number of aromatic nitrogens is 1. The summed E-state index contributed by atoms with van der Waals surface area (Å²) in [6, 6.07) is 7.68. The fourth-order valence-corrected chi connectivity index (χ4v) is 2.39. The van der Waals surface area contributed by atoms with Gasteiger partial charge < -0.3 is 10.6 Å². The van der Waals surface area contributed by atoms with Crippen LogP contribution in [-0.2, 0) is 4.79 Å². The molecule has 4 nitrogen and oxygen atoms in total. The van der Waals surface area contributed by atoms with E-state index in [9.17, 15) is 4.79 Å². The molecule has 0 spiro atoms. The summed E-state index contributed by atoms with van der Waals surface area (Å²) in [7, 11) is 0. The van der Waals surface area contributed by atoms with Crippen molar-refractivity contribution < 1.29 is 4.79 Å². The van der Waals surface area contributed by atoms with Gasteiger partial charge in [0.25, 0.3) is 0 Å². The van der Waals surface area contributed by atoms with E-state index in [4.69, 9.17) is 0 Å². The number of hydrogen-bond acceptors (Lipinski definition) is 4. The van der Waals surface area contributed by atoms with Gasteiger partial charge in [0.05, 0.1) is 5.69 Å². The van der Waals surface area contributed by atoms with Crippen molar-refractivity contribution in [3.63, 3.8) is 0 Å². The van der Waals surface area contributed by atoms with Crippen LogP contribution in [0.1, 0.15) is 13.8 Å². The van der Waals surface area contributed by atoms with Crippen LogP contribution in [0.4, 0.5) is 10.8 Å². The molecule has 0 radical (unpaired) electrons. The molecule has 1 amide bonds. The Balaban J connectivity index is 2.23. The van der Waals surface area contributed by atoms with E-state index in [1.807, 2.05) is 36.6 Å². The van der Waals surface area contributed by atoms with E-state index >= 15 is 0 Å². The van der Waals surface area contributed by atoms with Crippen LogP contribution in [0.15, 0.2) is 29.6 Å². The molecule has 0 bridgehead atoms. The molecule has 0 unspecified atom stereocenters. The van der Waals surface area contributed by atoms with E-state index in [1.54, 1.807) is 11.3 Å². The Morgan fingerprint density at radius 1 is 1.44 bits per heavy atom. The number of anilines is 2. The zero-order valence-corrected chi connectivity index (χ0v) is 11.2. The highest BCUT2D eigenvalue weighted by Crippen LogP contribution is 2.26. The van der Waals surface area contributed by atoms with Crippen LogP contribution in [-0.4, -0.2) is 17.4 Å². The summed E-state index contributed by atoms with van der Waals surface area (Å²) in [5, 5.41) is 8.87. The second-order valence-electron chi connectivity index (χ2n) is 3.83. The summed E-state index contributed by atoms with van der Waals surface area (Å²) in [5.74, 6) is -0.0706. The van der Waals surface area contributed by atoms with Crippen LogP contribution in [0.5, 0.6) is 0 Å². The van der Waals surface area contributed by atoms with Crippen LogP contribution >= 0.6 is 11.3 Å². The highest BCUT2D eigenvalue weighted by Gasteiger charge is 2.05. The average molecular weight is 261 g/mol. The van der Waals surface area contributed by atoms with Crippen LogP contribution < -0.4 is 10.6 Å². The lowest BCUT2D eigenvalue weighted by molar-refractivity contribution is -0.114. The molecule has 1 aromatic heterocycles. The lowest BCUT2D eigenvalue weighted by Crippen LogP contribution is -2.05. The largest absolute Gasteiger partial charge is 0.362 e. The van der Waals surface area contributed by atoms with Gasteiger partial charge in [-0.15, -0.1) is 11.3 Å². The van der Waals surface area contributed by atoms with E-state index in [0.717, 1.165) is 28.6 Å². The third-order valence-electron chi connectivity index (χ3n) is 2.31. The highest BCUT2D eigenvalue weighted by molar-refractivity contribution is 7.14. The molecule has 18 heavy (non-hydrogen) atoms.